The Morgan fingerprint density at radius 3 is 1.74 bits per heavy atom. The fourth-order valence-electron chi connectivity index (χ4n) is 4.58. The van der Waals surface area contributed by atoms with Gasteiger partial charge >= 0.3 is 0 Å². The molecule has 2 fully saturated rings. The van der Waals surface area contributed by atoms with Crippen molar-refractivity contribution in [3.05, 3.63) is 59.0 Å². The summed E-state index contributed by atoms with van der Waals surface area (Å²) in [7, 11) is 0. The topological polar surface area (TPSA) is 189 Å². The van der Waals surface area contributed by atoms with Crippen LogP contribution in [0.2, 0.25) is 0 Å². The minimum absolute atomic E-state index is 0.221. The van der Waals surface area contributed by atoms with Crippen molar-refractivity contribution in [2.24, 2.45) is 0 Å². The molecule has 0 bridgehead atoms. The molecule has 12 heteroatoms. The first-order chi connectivity index (χ1) is 18.5. The van der Waals surface area contributed by atoms with Gasteiger partial charge in [0.15, 0.2) is 5.43 Å². The summed E-state index contributed by atoms with van der Waals surface area (Å²) in [5.74, 6) is 0.531. The minimum Gasteiger partial charge on any atom is -0.463 e. The number of ether oxygens (including phenoxy) is 4. The first-order valence-electron chi connectivity index (χ1n) is 12.4. The number of aliphatic hydroxyl groups is 6. The van der Waals surface area contributed by atoms with Crippen molar-refractivity contribution in [1.82, 2.24) is 0 Å². The van der Waals surface area contributed by atoms with Crippen molar-refractivity contribution >= 4 is 11.0 Å². The Hall–Kier alpha value is -3.07. The van der Waals surface area contributed by atoms with Gasteiger partial charge in [-0.05, 0) is 43.7 Å². The third-order valence-corrected chi connectivity index (χ3v) is 7.03. The molecule has 3 heterocycles. The summed E-state index contributed by atoms with van der Waals surface area (Å²) in [5, 5.41) is 60.2. The SMILES string of the molecule is C[C@H]1O[C@@H](Oc2ccc(-c3coc4cc(O[C@@H]5O[C@H](C)[C@H](O)[C@H](O)[C@@H]5O)ccc4c3=O)cc2)[C@@H](O)[C@@H](O)[C@H]1O. The first kappa shape index (κ1) is 27.5. The lowest BCUT2D eigenvalue weighted by Crippen LogP contribution is -2.58. The summed E-state index contributed by atoms with van der Waals surface area (Å²) in [6, 6.07) is 10.8. The Morgan fingerprint density at radius 1 is 0.667 bits per heavy atom. The molecule has 6 N–H and O–H groups in total. The van der Waals surface area contributed by atoms with Gasteiger partial charge in [0.2, 0.25) is 12.6 Å². The predicted octanol–water partition coefficient (Wildman–Crippen LogP) is -0.127. The maximum Gasteiger partial charge on any atom is 0.229 e. The highest BCUT2D eigenvalue weighted by Gasteiger charge is 2.44. The number of hydrogen-bond acceptors (Lipinski definition) is 12. The maximum absolute atomic E-state index is 13.2. The van der Waals surface area contributed by atoms with E-state index in [0.29, 0.717) is 11.3 Å². The second kappa shape index (κ2) is 10.8. The molecule has 39 heavy (non-hydrogen) atoms. The summed E-state index contributed by atoms with van der Waals surface area (Å²) < 4.78 is 27.9. The van der Waals surface area contributed by atoms with Gasteiger partial charge in [0.05, 0.1) is 23.2 Å². The van der Waals surface area contributed by atoms with Crippen molar-refractivity contribution < 1.29 is 54.0 Å². The van der Waals surface area contributed by atoms with Gasteiger partial charge in [-0.1, -0.05) is 12.1 Å². The third-order valence-electron chi connectivity index (χ3n) is 7.03. The molecule has 2 aliphatic heterocycles. The van der Waals surface area contributed by atoms with Gasteiger partial charge in [-0.15, -0.1) is 0 Å². The Kier molecular flexibility index (Phi) is 7.64. The Labute approximate surface area is 222 Å². The largest absolute Gasteiger partial charge is 0.463 e. The van der Waals surface area contributed by atoms with E-state index < -0.39 is 61.4 Å². The van der Waals surface area contributed by atoms with Crippen LogP contribution in [0.25, 0.3) is 22.1 Å². The number of hydrogen-bond donors (Lipinski definition) is 6. The third kappa shape index (κ3) is 5.25. The van der Waals surface area contributed by atoms with Crippen molar-refractivity contribution in [3.8, 4) is 22.6 Å². The van der Waals surface area contributed by atoms with Crippen LogP contribution in [0.4, 0.5) is 0 Å². The minimum atomic E-state index is -1.48. The van der Waals surface area contributed by atoms with Gasteiger partial charge in [-0.2, -0.15) is 0 Å². The Bertz CT molecular complexity index is 1360. The number of rotatable bonds is 5. The monoisotopic (exact) mass is 546 g/mol. The molecule has 2 saturated heterocycles. The lowest BCUT2D eigenvalue weighted by atomic mass is 10.00. The van der Waals surface area contributed by atoms with Crippen LogP contribution in [0.15, 0.2) is 57.9 Å². The van der Waals surface area contributed by atoms with Crippen LogP contribution >= 0.6 is 0 Å². The summed E-state index contributed by atoms with van der Waals surface area (Å²) in [6.07, 6.45) is -10.9. The molecule has 0 saturated carbocycles. The molecule has 0 unspecified atom stereocenters. The molecule has 210 valence electrons. The summed E-state index contributed by atoms with van der Waals surface area (Å²) in [6.45, 7) is 3.09. The molecule has 0 radical (unpaired) electrons. The molecule has 5 rings (SSSR count). The highest BCUT2D eigenvalue weighted by Crippen LogP contribution is 2.29. The quantitative estimate of drug-likeness (QED) is 0.249. The number of fused-ring (bicyclic) bond motifs is 1. The molecule has 3 aromatic rings. The highest BCUT2D eigenvalue weighted by atomic mass is 16.7. The molecule has 1 aromatic heterocycles. The maximum atomic E-state index is 13.2. The number of benzene rings is 2. The second-order valence-corrected chi connectivity index (χ2v) is 9.76. The zero-order valence-corrected chi connectivity index (χ0v) is 21.0. The van der Waals surface area contributed by atoms with Crippen LogP contribution in [0.1, 0.15) is 13.8 Å². The van der Waals surface area contributed by atoms with E-state index in [1.54, 1.807) is 38.1 Å². The standard InChI is InChI=1S/C27H30O12/c1-11-19(28)22(31)24(33)26(36-11)38-14-5-3-13(4-6-14)17-10-35-18-9-15(7-8-16(18)21(17)30)39-27-25(34)23(32)20(29)12(2)37-27/h3-12,19-20,22-29,31-34H,1-2H3/t11-,12-,19+,20+,22+,23+,24+,25+,26+,27+/m1/s1. The molecule has 0 aliphatic carbocycles. The molecule has 2 aliphatic rings. The normalized spacial score (nSPS) is 35.1. The van der Waals surface area contributed by atoms with Crippen LogP contribution in [0, 0.1) is 0 Å². The van der Waals surface area contributed by atoms with E-state index >= 15 is 0 Å². The zero-order chi connectivity index (χ0) is 28.0. The van der Waals surface area contributed by atoms with Crippen LogP contribution in [0.3, 0.4) is 0 Å². The van der Waals surface area contributed by atoms with Gasteiger partial charge in [0.1, 0.15) is 60.0 Å². The first-order valence-corrected chi connectivity index (χ1v) is 12.4. The number of aliphatic hydroxyl groups excluding tert-OH is 6. The van der Waals surface area contributed by atoms with Gasteiger partial charge in [0.25, 0.3) is 0 Å². The lowest BCUT2D eigenvalue weighted by molar-refractivity contribution is -0.268. The van der Waals surface area contributed by atoms with Gasteiger partial charge in [0, 0.05) is 6.07 Å². The van der Waals surface area contributed by atoms with Gasteiger partial charge < -0.3 is 54.0 Å². The highest BCUT2D eigenvalue weighted by molar-refractivity contribution is 5.82. The molecule has 10 atom stereocenters. The fourth-order valence-corrected chi connectivity index (χ4v) is 4.58. The van der Waals surface area contributed by atoms with E-state index in [0.717, 1.165) is 0 Å². The van der Waals surface area contributed by atoms with Crippen molar-refractivity contribution in [3.63, 3.8) is 0 Å². The van der Waals surface area contributed by atoms with E-state index in [1.807, 2.05) is 0 Å². The van der Waals surface area contributed by atoms with Crippen LogP contribution in [0.5, 0.6) is 11.5 Å². The molecule has 2 aromatic carbocycles. The van der Waals surface area contributed by atoms with E-state index in [1.165, 1.54) is 24.5 Å². The predicted molar refractivity (Wildman–Crippen MR) is 134 cm³/mol. The van der Waals surface area contributed by atoms with Crippen LogP contribution in [-0.4, -0.2) is 92.1 Å². The fraction of sp³-hybridized carbons (Fsp3) is 0.444. The van der Waals surface area contributed by atoms with E-state index in [4.69, 9.17) is 23.4 Å². The van der Waals surface area contributed by atoms with Crippen molar-refractivity contribution in [2.45, 2.75) is 75.3 Å². The smallest absolute Gasteiger partial charge is 0.229 e. The second-order valence-electron chi connectivity index (χ2n) is 9.76. The molecule has 0 amide bonds. The van der Waals surface area contributed by atoms with E-state index in [2.05, 4.69) is 0 Å². The van der Waals surface area contributed by atoms with E-state index in [9.17, 15) is 35.4 Å². The molecule has 0 spiro atoms. The average Bonchev–Trinajstić information content (AvgIpc) is 2.93. The van der Waals surface area contributed by atoms with Gasteiger partial charge in [-0.25, -0.2) is 0 Å². The summed E-state index contributed by atoms with van der Waals surface area (Å²) in [4.78, 5) is 13.2. The van der Waals surface area contributed by atoms with Gasteiger partial charge in [-0.3, -0.25) is 4.79 Å². The Morgan fingerprint density at radius 2 is 1.18 bits per heavy atom. The summed E-state index contributed by atoms with van der Waals surface area (Å²) >= 11 is 0. The van der Waals surface area contributed by atoms with Crippen LogP contribution in [-0.2, 0) is 9.47 Å². The van der Waals surface area contributed by atoms with Crippen molar-refractivity contribution in [1.29, 1.82) is 0 Å². The summed E-state index contributed by atoms with van der Waals surface area (Å²) in [5.41, 5.74) is 0.723. The van der Waals surface area contributed by atoms with Crippen LogP contribution < -0.4 is 14.9 Å². The molecular weight excluding hydrogens is 516 g/mol. The average molecular weight is 547 g/mol. The van der Waals surface area contributed by atoms with Crippen molar-refractivity contribution in [2.75, 3.05) is 0 Å². The Balaban J connectivity index is 1.32. The molecular formula is C27H30O12. The lowest BCUT2D eigenvalue weighted by Gasteiger charge is -2.38. The van der Waals surface area contributed by atoms with E-state index in [-0.39, 0.29) is 27.7 Å². The molecule has 12 nitrogen and oxygen atoms in total. The zero-order valence-electron chi connectivity index (χ0n) is 21.0.